The number of amides is 1. The van der Waals surface area contributed by atoms with Gasteiger partial charge in [0.25, 0.3) is 0 Å². The normalized spacial score (nSPS) is 13.6. The van der Waals surface area contributed by atoms with Crippen LogP contribution in [0.3, 0.4) is 0 Å². The number of hydrogen-bond donors (Lipinski definition) is 2. The summed E-state index contributed by atoms with van der Waals surface area (Å²) < 4.78 is 5.44. The number of hydrogen-bond acceptors (Lipinski definition) is 3. The fourth-order valence-electron chi connectivity index (χ4n) is 3.48. The first kappa shape index (κ1) is 18.0. The highest BCUT2D eigenvalue weighted by Gasteiger charge is 2.29. The minimum absolute atomic E-state index is 0.0224. The van der Waals surface area contributed by atoms with Gasteiger partial charge in [0.1, 0.15) is 6.61 Å². The van der Waals surface area contributed by atoms with E-state index < -0.39 is 12.1 Å². The van der Waals surface area contributed by atoms with Crippen molar-refractivity contribution in [1.82, 2.24) is 5.32 Å². The number of ether oxygens (including phenoxy) is 1. The highest BCUT2D eigenvalue weighted by Crippen LogP contribution is 2.44. The molecule has 2 aromatic carbocycles. The van der Waals surface area contributed by atoms with Gasteiger partial charge in [-0.15, -0.1) is 0 Å². The first-order valence-corrected chi connectivity index (χ1v) is 8.90. The average Bonchev–Trinajstić information content (AvgIpc) is 2.97. The van der Waals surface area contributed by atoms with Gasteiger partial charge in [0.05, 0.1) is 0 Å². The van der Waals surface area contributed by atoms with Crippen LogP contribution in [0.4, 0.5) is 4.79 Å². The lowest BCUT2D eigenvalue weighted by Gasteiger charge is -2.16. The Balaban J connectivity index is 1.61. The number of carboxylic acid groups (broad SMARTS) is 1. The summed E-state index contributed by atoms with van der Waals surface area (Å²) in [7, 11) is 0. The van der Waals surface area contributed by atoms with Crippen LogP contribution in [0.15, 0.2) is 48.5 Å². The van der Waals surface area contributed by atoms with E-state index in [9.17, 15) is 9.59 Å². The third-order valence-corrected chi connectivity index (χ3v) is 4.92. The van der Waals surface area contributed by atoms with Crippen molar-refractivity contribution in [3.05, 3.63) is 59.7 Å². The molecular weight excluding hydrogens is 330 g/mol. The zero-order valence-electron chi connectivity index (χ0n) is 14.8. The van der Waals surface area contributed by atoms with Crippen LogP contribution in [-0.2, 0) is 9.53 Å². The number of rotatable bonds is 7. The second-order valence-electron chi connectivity index (χ2n) is 6.58. The van der Waals surface area contributed by atoms with Crippen molar-refractivity contribution in [3.8, 4) is 11.1 Å². The molecule has 0 saturated heterocycles. The van der Waals surface area contributed by atoms with E-state index in [1.807, 2.05) is 31.2 Å². The van der Waals surface area contributed by atoms with E-state index in [-0.39, 0.29) is 24.9 Å². The molecule has 0 spiro atoms. The molecule has 0 radical (unpaired) electrons. The zero-order chi connectivity index (χ0) is 18.5. The van der Waals surface area contributed by atoms with E-state index in [0.29, 0.717) is 13.0 Å². The molecule has 0 aliphatic heterocycles. The van der Waals surface area contributed by atoms with Gasteiger partial charge in [-0.3, -0.25) is 4.79 Å². The smallest absolute Gasteiger partial charge is 0.407 e. The molecule has 3 rings (SSSR count). The zero-order valence-corrected chi connectivity index (χ0v) is 14.8. The van der Waals surface area contributed by atoms with Crippen LogP contribution in [-0.4, -0.2) is 30.3 Å². The van der Waals surface area contributed by atoms with Crippen molar-refractivity contribution in [2.24, 2.45) is 5.92 Å². The van der Waals surface area contributed by atoms with E-state index in [4.69, 9.17) is 9.84 Å². The van der Waals surface area contributed by atoms with Crippen LogP contribution < -0.4 is 5.32 Å². The number of aliphatic carboxylic acids is 1. The van der Waals surface area contributed by atoms with E-state index in [1.54, 1.807) is 0 Å². The summed E-state index contributed by atoms with van der Waals surface area (Å²) >= 11 is 0. The Bertz CT molecular complexity index is 757. The highest BCUT2D eigenvalue weighted by atomic mass is 16.5. The fraction of sp³-hybridized carbons (Fsp3) is 0.333. The Morgan fingerprint density at radius 3 is 2.19 bits per heavy atom. The standard InChI is InChI=1S/C21H23NO4/c1-2-14(11-20(23)24)12-22-21(25)26-13-19-17-9-5-3-7-15(17)16-8-4-6-10-18(16)19/h3-10,14,19H,2,11-13H2,1H3,(H,22,25)(H,23,24). The van der Waals surface area contributed by atoms with Crippen LogP contribution in [0.1, 0.15) is 36.8 Å². The van der Waals surface area contributed by atoms with Gasteiger partial charge in [-0.05, 0) is 28.2 Å². The van der Waals surface area contributed by atoms with Crippen LogP contribution in [0, 0.1) is 5.92 Å². The highest BCUT2D eigenvalue weighted by molar-refractivity contribution is 5.79. The lowest BCUT2D eigenvalue weighted by atomic mass is 9.98. The summed E-state index contributed by atoms with van der Waals surface area (Å²) in [5.74, 6) is -0.923. The summed E-state index contributed by atoms with van der Waals surface area (Å²) in [6.45, 7) is 2.47. The maximum atomic E-state index is 12.0. The molecule has 26 heavy (non-hydrogen) atoms. The van der Waals surface area contributed by atoms with Crippen LogP contribution in [0.2, 0.25) is 0 Å². The summed E-state index contributed by atoms with van der Waals surface area (Å²) in [4.78, 5) is 22.9. The number of carboxylic acids is 1. The van der Waals surface area contributed by atoms with Crippen molar-refractivity contribution < 1.29 is 19.4 Å². The van der Waals surface area contributed by atoms with Gasteiger partial charge in [-0.25, -0.2) is 4.79 Å². The maximum absolute atomic E-state index is 12.0. The van der Waals surface area contributed by atoms with Crippen LogP contribution >= 0.6 is 0 Å². The number of nitrogens with one attached hydrogen (secondary N) is 1. The van der Waals surface area contributed by atoms with Crippen molar-refractivity contribution in [2.45, 2.75) is 25.7 Å². The third-order valence-electron chi connectivity index (χ3n) is 4.92. The van der Waals surface area contributed by atoms with E-state index in [2.05, 4.69) is 29.6 Å². The summed E-state index contributed by atoms with van der Waals surface area (Å²) in [5.41, 5.74) is 4.70. The van der Waals surface area contributed by atoms with Crippen molar-refractivity contribution >= 4 is 12.1 Å². The Morgan fingerprint density at radius 2 is 1.65 bits per heavy atom. The van der Waals surface area contributed by atoms with Gasteiger partial charge >= 0.3 is 12.1 Å². The van der Waals surface area contributed by atoms with Gasteiger partial charge < -0.3 is 15.2 Å². The van der Waals surface area contributed by atoms with E-state index >= 15 is 0 Å². The lowest BCUT2D eigenvalue weighted by Crippen LogP contribution is -2.31. The van der Waals surface area contributed by atoms with Gasteiger partial charge in [0.15, 0.2) is 0 Å². The van der Waals surface area contributed by atoms with Gasteiger partial charge in [-0.2, -0.15) is 0 Å². The molecule has 2 aromatic rings. The Kier molecular flexibility index (Phi) is 5.56. The molecule has 1 aliphatic rings. The molecule has 1 unspecified atom stereocenters. The third kappa shape index (κ3) is 3.87. The summed E-state index contributed by atoms with van der Waals surface area (Å²) in [6, 6.07) is 16.3. The van der Waals surface area contributed by atoms with Crippen molar-refractivity contribution in [1.29, 1.82) is 0 Å². The predicted octanol–water partition coefficient (Wildman–Crippen LogP) is 4.03. The molecule has 5 heteroatoms. The SMILES string of the molecule is CCC(CNC(=O)OCC1c2ccccc2-c2ccccc21)CC(=O)O. The second-order valence-corrected chi connectivity index (χ2v) is 6.58. The van der Waals surface area contributed by atoms with Crippen molar-refractivity contribution in [3.63, 3.8) is 0 Å². The minimum Gasteiger partial charge on any atom is -0.481 e. The number of alkyl carbamates (subject to hydrolysis) is 1. The van der Waals surface area contributed by atoms with Gasteiger partial charge in [0.2, 0.25) is 0 Å². The predicted molar refractivity (Wildman–Crippen MR) is 99.1 cm³/mol. The topological polar surface area (TPSA) is 75.6 Å². The number of carbonyl (C=O) groups excluding carboxylic acids is 1. The molecule has 2 N–H and O–H groups in total. The molecule has 136 valence electrons. The van der Waals surface area contributed by atoms with E-state index in [0.717, 1.165) is 0 Å². The molecule has 0 fully saturated rings. The van der Waals surface area contributed by atoms with Gasteiger partial charge in [-0.1, -0.05) is 61.9 Å². The Hall–Kier alpha value is -2.82. The minimum atomic E-state index is -0.855. The molecule has 1 amide bonds. The summed E-state index contributed by atoms with van der Waals surface area (Å²) in [5, 5.41) is 11.6. The van der Waals surface area contributed by atoms with Gasteiger partial charge in [0, 0.05) is 18.9 Å². The Labute approximate surface area is 153 Å². The number of carbonyl (C=O) groups is 2. The molecule has 1 aliphatic carbocycles. The quantitative estimate of drug-likeness (QED) is 0.788. The second kappa shape index (κ2) is 8.04. The molecule has 0 saturated carbocycles. The molecular formula is C21H23NO4. The van der Waals surface area contributed by atoms with E-state index in [1.165, 1.54) is 22.3 Å². The molecule has 0 aromatic heterocycles. The summed E-state index contributed by atoms with van der Waals surface area (Å²) in [6.07, 6.45) is 0.228. The van der Waals surface area contributed by atoms with Crippen molar-refractivity contribution in [2.75, 3.05) is 13.2 Å². The first-order chi connectivity index (χ1) is 12.6. The average molecular weight is 353 g/mol. The molecule has 5 nitrogen and oxygen atoms in total. The maximum Gasteiger partial charge on any atom is 0.407 e. The lowest BCUT2D eigenvalue weighted by molar-refractivity contribution is -0.138. The molecule has 0 heterocycles. The largest absolute Gasteiger partial charge is 0.481 e. The molecule has 1 atom stereocenters. The molecule has 0 bridgehead atoms. The van der Waals surface area contributed by atoms with Crippen LogP contribution in [0.5, 0.6) is 0 Å². The first-order valence-electron chi connectivity index (χ1n) is 8.90. The Morgan fingerprint density at radius 1 is 1.08 bits per heavy atom. The fourth-order valence-corrected chi connectivity index (χ4v) is 3.48. The van der Waals surface area contributed by atoms with Crippen LogP contribution in [0.25, 0.3) is 11.1 Å². The monoisotopic (exact) mass is 353 g/mol. The number of fused-ring (bicyclic) bond motifs is 3. The number of benzene rings is 2.